The number of halogens is 1. The predicted molar refractivity (Wildman–Crippen MR) is 89.3 cm³/mol. The third-order valence-electron chi connectivity index (χ3n) is 4.59. The second-order valence-electron chi connectivity index (χ2n) is 6.23. The van der Waals surface area contributed by atoms with E-state index >= 15 is 0 Å². The Balaban J connectivity index is 1.62. The second-order valence-corrected chi connectivity index (χ2v) is 6.67. The Labute approximate surface area is 145 Å². The fourth-order valence-electron chi connectivity index (χ4n) is 3.32. The molecule has 4 rings (SSSR count). The van der Waals surface area contributed by atoms with Gasteiger partial charge in [0, 0.05) is 30.1 Å². The number of carbonyl (C=O) groups is 1. The number of fused-ring (bicyclic) bond motifs is 2. The average molecular weight is 347 g/mol. The summed E-state index contributed by atoms with van der Waals surface area (Å²) in [5.74, 6) is 2.06. The third kappa shape index (κ3) is 2.86. The van der Waals surface area contributed by atoms with Crippen LogP contribution >= 0.6 is 11.6 Å². The summed E-state index contributed by atoms with van der Waals surface area (Å²) in [7, 11) is 0. The molecule has 6 nitrogen and oxygen atoms in total. The van der Waals surface area contributed by atoms with E-state index in [1.807, 2.05) is 16.7 Å². The molecule has 1 amide bonds. The van der Waals surface area contributed by atoms with E-state index in [9.17, 15) is 4.79 Å². The summed E-state index contributed by atoms with van der Waals surface area (Å²) in [5.41, 5.74) is 0.920. The van der Waals surface area contributed by atoms with Crippen LogP contribution in [0.4, 0.5) is 0 Å². The fraction of sp³-hybridized carbons (Fsp3) is 0.471. The summed E-state index contributed by atoms with van der Waals surface area (Å²) in [5, 5.41) is 9.04. The average Bonchev–Trinajstić information content (AvgIpc) is 2.76. The molecule has 2 aliphatic rings. The van der Waals surface area contributed by atoms with Crippen molar-refractivity contribution < 1.29 is 9.53 Å². The van der Waals surface area contributed by atoms with Crippen molar-refractivity contribution in [1.29, 1.82) is 0 Å². The lowest BCUT2D eigenvalue weighted by Gasteiger charge is -2.19. The Morgan fingerprint density at radius 3 is 3.00 bits per heavy atom. The van der Waals surface area contributed by atoms with E-state index in [-0.39, 0.29) is 5.91 Å². The monoisotopic (exact) mass is 346 g/mol. The zero-order valence-corrected chi connectivity index (χ0v) is 14.1. The number of hydrogen-bond acceptors (Lipinski definition) is 4. The highest BCUT2D eigenvalue weighted by molar-refractivity contribution is 6.30. The molecule has 2 aliphatic heterocycles. The van der Waals surface area contributed by atoms with E-state index < -0.39 is 0 Å². The van der Waals surface area contributed by atoms with Gasteiger partial charge in [-0.1, -0.05) is 18.0 Å². The van der Waals surface area contributed by atoms with Crippen molar-refractivity contribution >= 4 is 17.5 Å². The minimum Gasteiger partial charge on any atom is -0.491 e. The summed E-state index contributed by atoms with van der Waals surface area (Å²) in [6.45, 7) is 2.27. The molecule has 1 aromatic heterocycles. The lowest BCUT2D eigenvalue weighted by Crippen LogP contribution is -2.34. The first kappa shape index (κ1) is 15.4. The van der Waals surface area contributed by atoms with E-state index in [2.05, 4.69) is 10.2 Å². The molecule has 0 radical (unpaired) electrons. The molecule has 0 saturated carbocycles. The highest BCUT2D eigenvalue weighted by atomic mass is 35.5. The van der Waals surface area contributed by atoms with Crippen LogP contribution in [-0.2, 0) is 19.5 Å². The number of amides is 1. The number of benzene rings is 1. The summed E-state index contributed by atoms with van der Waals surface area (Å²) in [6, 6.07) is 5.51. The minimum atomic E-state index is -0.0907. The molecular formula is C17H19ClN4O2. The van der Waals surface area contributed by atoms with Gasteiger partial charge in [0.2, 0.25) is 5.82 Å². The normalized spacial score (nSPS) is 17.3. The lowest BCUT2D eigenvalue weighted by atomic mass is 10.2. The molecule has 1 aromatic carbocycles. The van der Waals surface area contributed by atoms with Crippen molar-refractivity contribution in [2.24, 2.45) is 0 Å². The van der Waals surface area contributed by atoms with Gasteiger partial charge in [-0.25, -0.2) is 0 Å². The number of rotatable bonds is 1. The fourth-order valence-corrected chi connectivity index (χ4v) is 3.52. The van der Waals surface area contributed by atoms with Gasteiger partial charge < -0.3 is 14.2 Å². The Hall–Kier alpha value is -2.08. The molecule has 0 aliphatic carbocycles. The maximum atomic E-state index is 13.0. The quantitative estimate of drug-likeness (QED) is 0.796. The van der Waals surface area contributed by atoms with Crippen LogP contribution in [0.3, 0.4) is 0 Å². The van der Waals surface area contributed by atoms with Gasteiger partial charge in [-0.2, -0.15) is 0 Å². The molecule has 7 heteroatoms. The van der Waals surface area contributed by atoms with Crippen molar-refractivity contribution in [3.63, 3.8) is 0 Å². The van der Waals surface area contributed by atoms with Gasteiger partial charge in [-0.15, -0.1) is 10.2 Å². The van der Waals surface area contributed by atoms with E-state index in [4.69, 9.17) is 16.3 Å². The number of aromatic nitrogens is 3. The van der Waals surface area contributed by atoms with Gasteiger partial charge in [0.25, 0.3) is 5.91 Å². The van der Waals surface area contributed by atoms with Gasteiger partial charge in [0.15, 0.2) is 0 Å². The molecule has 0 fully saturated rings. The Kier molecular flexibility index (Phi) is 4.14. The van der Waals surface area contributed by atoms with E-state index in [1.54, 1.807) is 11.0 Å². The first-order valence-electron chi connectivity index (χ1n) is 8.35. The molecule has 0 unspecified atom stereocenters. The summed E-state index contributed by atoms with van der Waals surface area (Å²) in [4.78, 5) is 14.8. The minimum absolute atomic E-state index is 0.0907. The Morgan fingerprint density at radius 1 is 1.17 bits per heavy atom. The van der Waals surface area contributed by atoms with Gasteiger partial charge in [-0.3, -0.25) is 4.79 Å². The summed E-state index contributed by atoms with van der Waals surface area (Å²) in [6.07, 6.45) is 4.23. The van der Waals surface area contributed by atoms with Gasteiger partial charge in [-0.05, 0) is 31.0 Å². The Morgan fingerprint density at radius 2 is 2.08 bits per heavy atom. The molecule has 0 bridgehead atoms. The summed E-state index contributed by atoms with van der Waals surface area (Å²) >= 11 is 6.08. The molecule has 0 atom stereocenters. The number of carbonyl (C=O) groups excluding carboxylic acids is 1. The van der Waals surface area contributed by atoms with Crippen molar-refractivity contribution in [1.82, 2.24) is 19.7 Å². The molecule has 2 aromatic rings. The van der Waals surface area contributed by atoms with Gasteiger partial charge in [0.05, 0.1) is 6.54 Å². The SMILES string of the molecule is O=C(c1nnc2n1CCCCC2)N1CCOc2ccc(Cl)cc2C1. The topological polar surface area (TPSA) is 60.2 Å². The number of nitrogens with zero attached hydrogens (tertiary/aromatic N) is 4. The van der Waals surface area contributed by atoms with Crippen molar-refractivity contribution in [2.45, 2.75) is 38.8 Å². The number of aryl methyl sites for hydroxylation is 1. The van der Waals surface area contributed by atoms with Gasteiger partial charge in [0.1, 0.15) is 18.2 Å². The highest BCUT2D eigenvalue weighted by Crippen LogP contribution is 2.27. The van der Waals surface area contributed by atoms with Crippen LogP contribution in [0.5, 0.6) is 5.75 Å². The third-order valence-corrected chi connectivity index (χ3v) is 4.83. The van der Waals surface area contributed by atoms with Crippen LogP contribution in [0.15, 0.2) is 18.2 Å². The zero-order valence-electron chi connectivity index (χ0n) is 13.4. The standard InChI is InChI=1S/C17H19ClN4O2/c18-13-5-6-14-12(10-13)11-21(8-9-24-14)17(23)16-20-19-15-4-2-1-3-7-22(15)16/h5-6,10H,1-4,7-9,11H2. The highest BCUT2D eigenvalue weighted by Gasteiger charge is 2.27. The van der Waals surface area contributed by atoms with Crippen molar-refractivity contribution in [3.8, 4) is 5.75 Å². The van der Waals surface area contributed by atoms with Crippen LogP contribution in [0, 0.1) is 0 Å². The van der Waals surface area contributed by atoms with Crippen molar-refractivity contribution in [3.05, 3.63) is 40.4 Å². The first-order valence-corrected chi connectivity index (χ1v) is 8.73. The van der Waals surface area contributed by atoms with Gasteiger partial charge >= 0.3 is 0 Å². The van der Waals surface area contributed by atoms with Crippen LogP contribution in [0.2, 0.25) is 5.02 Å². The van der Waals surface area contributed by atoms with Crippen molar-refractivity contribution in [2.75, 3.05) is 13.2 Å². The zero-order chi connectivity index (χ0) is 16.5. The Bertz CT molecular complexity index is 774. The van der Waals surface area contributed by atoms with Crippen LogP contribution < -0.4 is 4.74 Å². The predicted octanol–water partition coefficient (Wildman–Crippen LogP) is 2.69. The summed E-state index contributed by atoms with van der Waals surface area (Å²) < 4.78 is 7.72. The molecule has 24 heavy (non-hydrogen) atoms. The lowest BCUT2D eigenvalue weighted by molar-refractivity contribution is 0.0715. The van der Waals surface area contributed by atoms with E-state index in [1.165, 1.54) is 6.42 Å². The number of ether oxygens (including phenoxy) is 1. The molecule has 0 N–H and O–H groups in total. The molecule has 0 spiro atoms. The molecule has 3 heterocycles. The largest absolute Gasteiger partial charge is 0.491 e. The number of hydrogen-bond donors (Lipinski definition) is 0. The van der Waals surface area contributed by atoms with E-state index in [0.29, 0.717) is 30.5 Å². The second kappa shape index (κ2) is 6.43. The maximum absolute atomic E-state index is 13.0. The first-order chi connectivity index (χ1) is 11.7. The molecule has 126 valence electrons. The smallest absolute Gasteiger partial charge is 0.292 e. The molecule has 0 saturated heterocycles. The molecular weight excluding hydrogens is 328 g/mol. The van der Waals surface area contributed by atoms with E-state index in [0.717, 1.165) is 42.9 Å². The maximum Gasteiger partial charge on any atom is 0.292 e. The van der Waals surface area contributed by atoms with Crippen LogP contribution in [0.1, 0.15) is 41.3 Å². The van der Waals surface area contributed by atoms with Crippen LogP contribution in [0.25, 0.3) is 0 Å². The van der Waals surface area contributed by atoms with Crippen LogP contribution in [-0.4, -0.2) is 38.7 Å².